The van der Waals surface area contributed by atoms with Crippen molar-refractivity contribution in [3.8, 4) is 0 Å². The Kier molecular flexibility index (Phi) is 6.31. The van der Waals surface area contributed by atoms with Crippen molar-refractivity contribution in [1.29, 1.82) is 0 Å². The van der Waals surface area contributed by atoms with Gasteiger partial charge < -0.3 is 15.2 Å². The maximum Gasteiger partial charge on any atom is 0.407 e. The van der Waals surface area contributed by atoms with Crippen LogP contribution in [0.4, 0.5) is 9.18 Å². The summed E-state index contributed by atoms with van der Waals surface area (Å²) in [4.78, 5) is 22.9. The quantitative estimate of drug-likeness (QED) is 0.773. The van der Waals surface area contributed by atoms with Crippen LogP contribution in [0, 0.1) is 5.82 Å². The number of carboxylic acid groups (broad SMARTS) is 1. The second kappa shape index (κ2) is 8.44. The van der Waals surface area contributed by atoms with Gasteiger partial charge in [-0.2, -0.15) is 0 Å². The predicted octanol–water partition coefficient (Wildman–Crippen LogP) is 4.03. The third kappa shape index (κ3) is 5.66. The van der Waals surface area contributed by atoms with Crippen LogP contribution in [-0.4, -0.2) is 17.2 Å². The molecule has 2 N–H and O–H groups in total. The number of rotatable bonds is 6. The van der Waals surface area contributed by atoms with Gasteiger partial charge in [-0.25, -0.2) is 9.18 Å². The first-order valence-corrected chi connectivity index (χ1v) is 7.88. The Morgan fingerprint density at radius 2 is 1.92 bits per heavy atom. The first-order chi connectivity index (χ1) is 11.4. The van der Waals surface area contributed by atoms with Gasteiger partial charge in [0.15, 0.2) is 0 Å². The number of aliphatic carboxylic acids is 1. The van der Waals surface area contributed by atoms with E-state index in [1.54, 1.807) is 18.2 Å². The Balaban J connectivity index is 2.05. The van der Waals surface area contributed by atoms with E-state index in [1.807, 2.05) is 18.2 Å². The SMILES string of the molecule is O=C(O)C[C@@H](NC(=O)OCc1ccccc1)c1cc(F)cc(Br)c1. The fraction of sp³-hybridized carbons (Fsp3) is 0.176. The predicted molar refractivity (Wildman–Crippen MR) is 88.9 cm³/mol. The Hall–Kier alpha value is -2.41. The van der Waals surface area contributed by atoms with Crippen LogP contribution in [0.25, 0.3) is 0 Å². The number of halogens is 2. The van der Waals surface area contributed by atoms with E-state index in [0.717, 1.165) is 5.56 Å². The molecule has 0 heterocycles. The fourth-order valence-electron chi connectivity index (χ4n) is 2.11. The highest BCUT2D eigenvalue weighted by Gasteiger charge is 2.20. The van der Waals surface area contributed by atoms with E-state index in [9.17, 15) is 14.0 Å². The summed E-state index contributed by atoms with van der Waals surface area (Å²) in [5, 5.41) is 11.5. The Morgan fingerprint density at radius 3 is 2.54 bits per heavy atom. The molecule has 0 aliphatic rings. The minimum atomic E-state index is -1.12. The van der Waals surface area contributed by atoms with Crippen molar-refractivity contribution >= 4 is 28.0 Å². The molecular formula is C17H15BrFNO4. The van der Waals surface area contributed by atoms with Crippen molar-refractivity contribution in [1.82, 2.24) is 5.32 Å². The number of hydrogen-bond donors (Lipinski definition) is 2. The van der Waals surface area contributed by atoms with Gasteiger partial charge in [0.1, 0.15) is 12.4 Å². The van der Waals surface area contributed by atoms with Crippen molar-refractivity contribution in [3.05, 3.63) is 69.9 Å². The lowest BCUT2D eigenvalue weighted by Gasteiger charge is -2.18. The molecular weight excluding hydrogens is 381 g/mol. The molecule has 1 atom stereocenters. The lowest BCUT2D eigenvalue weighted by atomic mass is 10.0. The van der Waals surface area contributed by atoms with Gasteiger partial charge in [-0.1, -0.05) is 46.3 Å². The van der Waals surface area contributed by atoms with Crippen LogP contribution in [0.15, 0.2) is 53.0 Å². The van der Waals surface area contributed by atoms with Crippen molar-refractivity contribution in [2.45, 2.75) is 19.1 Å². The van der Waals surface area contributed by atoms with Crippen LogP contribution in [0.3, 0.4) is 0 Å². The first kappa shape index (κ1) is 17.9. The molecule has 0 aromatic heterocycles. The van der Waals surface area contributed by atoms with Crippen LogP contribution in [-0.2, 0) is 16.1 Å². The topological polar surface area (TPSA) is 75.6 Å². The molecule has 24 heavy (non-hydrogen) atoms. The van der Waals surface area contributed by atoms with Gasteiger partial charge in [-0.15, -0.1) is 0 Å². The lowest BCUT2D eigenvalue weighted by Crippen LogP contribution is -2.30. The monoisotopic (exact) mass is 395 g/mol. The van der Waals surface area contributed by atoms with Crippen LogP contribution in [0.1, 0.15) is 23.6 Å². The summed E-state index contributed by atoms with van der Waals surface area (Å²) in [5.74, 6) is -1.65. The molecule has 126 valence electrons. The standard InChI is InChI=1S/C17H15BrFNO4/c18-13-6-12(7-14(19)8-13)15(9-16(21)22)20-17(23)24-10-11-4-2-1-3-5-11/h1-8,15H,9-10H2,(H,20,23)(H,21,22)/t15-/m1/s1. The number of nitrogens with one attached hydrogen (secondary N) is 1. The highest BCUT2D eigenvalue weighted by Crippen LogP contribution is 2.23. The van der Waals surface area contributed by atoms with Crippen LogP contribution in [0.2, 0.25) is 0 Å². The molecule has 2 aromatic carbocycles. The van der Waals surface area contributed by atoms with E-state index < -0.39 is 30.3 Å². The molecule has 2 rings (SSSR count). The Labute approximate surface area is 146 Å². The summed E-state index contributed by atoms with van der Waals surface area (Å²) in [6.45, 7) is 0.0549. The molecule has 0 saturated heterocycles. The number of hydrogen-bond acceptors (Lipinski definition) is 3. The van der Waals surface area contributed by atoms with Gasteiger partial charge in [-0.3, -0.25) is 4.79 Å². The Morgan fingerprint density at radius 1 is 1.21 bits per heavy atom. The summed E-state index contributed by atoms with van der Waals surface area (Å²) in [5.41, 5.74) is 1.14. The van der Waals surface area contributed by atoms with E-state index in [4.69, 9.17) is 9.84 Å². The maximum atomic E-state index is 13.5. The number of alkyl carbamates (subject to hydrolysis) is 1. The number of carbonyl (C=O) groups excluding carboxylic acids is 1. The van der Waals surface area contributed by atoms with Crippen molar-refractivity contribution in [2.24, 2.45) is 0 Å². The van der Waals surface area contributed by atoms with Gasteiger partial charge in [0, 0.05) is 4.47 Å². The van der Waals surface area contributed by atoms with E-state index in [2.05, 4.69) is 21.2 Å². The summed E-state index contributed by atoms with van der Waals surface area (Å²) >= 11 is 3.14. The molecule has 0 radical (unpaired) electrons. The molecule has 0 fully saturated rings. The minimum Gasteiger partial charge on any atom is -0.481 e. The smallest absolute Gasteiger partial charge is 0.407 e. The second-order valence-corrected chi connectivity index (χ2v) is 5.97. The highest BCUT2D eigenvalue weighted by molar-refractivity contribution is 9.10. The highest BCUT2D eigenvalue weighted by atomic mass is 79.9. The molecule has 0 aliphatic carbocycles. The van der Waals surface area contributed by atoms with Crippen molar-refractivity contribution in [2.75, 3.05) is 0 Å². The lowest BCUT2D eigenvalue weighted by molar-refractivity contribution is -0.137. The van der Waals surface area contributed by atoms with Crippen LogP contribution in [0.5, 0.6) is 0 Å². The molecule has 5 nitrogen and oxygen atoms in total. The van der Waals surface area contributed by atoms with E-state index in [0.29, 0.717) is 10.0 Å². The third-order valence-electron chi connectivity index (χ3n) is 3.17. The normalized spacial score (nSPS) is 11.6. The zero-order valence-corrected chi connectivity index (χ0v) is 14.1. The summed E-state index contributed by atoms with van der Waals surface area (Å²) in [7, 11) is 0. The van der Waals surface area contributed by atoms with Crippen LogP contribution < -0.4 is 5.32 Å². The second-order valence-electron chi connectivity index (χ2n) is 5.06. The number of ether oxygens (including phenoxy) is 1. The van der Waals surface area contributed by atoms with Crippen molar-refractivity contribution < 1.29 is 23.8 Å². The fourth-order valence-corrected chi connectivity index (χ4v) is 2.59. The zero-order chi connectivity index (χ0) is 17.5. The average molecular weight is 396 g/mol. The first-order valence-electron chi connectivity index (χ1n) is 7.09. The largest absolute Gasteiger partial charge is 0.481 e. The van der Waals surface area contributed by atoms with E-state index in [1.165, 1.54) is 12.1 Å². The maximum absolute atomic E-state index is 13.5. The average Bonchev–Trinajstić information content (AvgIpc) is 2.52. The van der Waals surface area contributed by atoms with E-state index in [-0.39, 0.29) is 6.61 Å². The van der Waals surface area contributed by atoms with E-state index >= 15 is 0 Å². The molecule has 1 amide bonds. The number of carbonyl (C=O) groups is 2. The van der Waals surface area contributed by atoms with Gasteiger partial charge in [0.25, 0.3) is 0 Å². The van der Waals surface area contributed by atoms with Gasteiger partial charge in [0.2, 0.25) is 0 Å². The van der Waals surface area contributed by atoms with Gasteiger partial charge in [0.05, 0.1) is 12.5 Å². The number of carboxylic acids is 1. The Bertz CT molecular complexity index is 704. The molecule has 7 heteroatoms. The molecule has 0 unspecified atom stereocenters. The summed E-state index contributed by atoms with van der Waals surface area (Å²) in [6, 6.07) is 12.1. The minimum absolute atomic E-state index is 0.0549. The molecule has 2 aromatic rings. The molecule has 0 saturated carbocycles. The van der Waals surface area contributed by atoms with Gasteiger partial charge >= 0.3 is 12.1 Å². The zero-order valence-electron chi connectivity index (χ0n) is 12.5. The summed E-state index contributed by atoms with van der Waals surface area (Å²) < 4.78 is 19.0. The molecule has 0 spiro atoms. The number of benzene rings is 2. The molecule has 0 bridgehead atoms. The number of amides is 1. The van der Waals surface area contributed by atoms with Crippen LogP contribution >= 0.6 is 15.9 Å². The summed E-state index contributed by atoms with van der Waals surface area (Å²) in [6.07, 6.45) is -1.17. The van der Waals surface area contributed by atoms with Gasteiger partial charge in [-0.05, 0) is 29.3 Å². The third-order valence-corrected chi connectivity index (χ3v) is 3.63. The van der Waals surface area contributed by atoms with Crippen molar-refractivity contribution in [3.63, 3.8) is 0 Å². The molecule has 0 aliphatic heterocycles.